The summed E-state index contributed by atoms with van der Waals surface area (Å²) in [5.74, 6) is 0. The van der Waals surface area contributed by atoms with Crippen LogP contribution in [0.1, 0.15) is 44.5 Å². The summed E-state index contributed by atoms with van der Waals surface area (Å²) in [4.78, 5) is 2.61. The van der Waals surface area contributed by atoms with E-state index in [1.165, 1.54) is 127 Å². The first-order chi connectivity index (χ1) is 39.7. The topological polar surface area (TPSA) is 8.17 Å². The second-order valence-corrected chi connectivity index (χ2v) is 22.1. The molecule has 18 rings (SSSR count). The molecule has 2 spiro atoms. The number of aromatic nitrogens is 1. The highest BCUT2D eigenvalue weighted by Crippen LogP contribution is 2.66. The quantitative estimate of drug-likeness (QED) is 0.167. The summed E-state index contributed by atoms with van der Waals surface area (Å²) in [6.45, 7) is 0. The number of anilines is 3. The molecular weight excluding hydrogens is 965 g/mol. The van der Waals surface area contributed by atoms with E-state index in [-0.39, 0.29) is 0 Å². The molecule has 0 saturated carbocycles. The molecule has 14 aromatic rings. The van der Waals surface area contributed by atoms with Crippen LogP contribution in [0.3, 0.4) is 0 Å². The van der Waals surface area contributed by atoms with Gasteiger partial charge in [-0.15, -0.1) is 0 Å². The van der Waals surface area contributed by atoms with E-state index in [9.17, 15) is 0 Å². The Balaban J connectivity index is 0.940. The Morgan fingerprint density at radius 2 is 0.800 bits per heavy atom. The van der Waals surface area contributed by atoms with Gasteiger partial charge in [0.2, 0.25) is 0 Å². The van der Waals surface area contributed by atoms with E-state index in [0.717, 1.165) is 28.2 Å². The lowest BCUT2D eigenvalue weighted by molar-refractivity contribution is 0.748. The van der Waals surface area contributed by atoms with E-state index < -0.39 is 10.8 Å². The van der Waals surface area contributed by atoms with Crippen molar-refractivity contribution in [3.05, 3.63) is 336 Å². The third-order valence-electron chi connectivity index (χ3n) is 18.6. The molecule has 4 aliphatic rings. The zero-order valence-corrected chi connectivity index (χ0v) is 43.6. The Hall–Kier alpha value is -10.3. The summed E-state index contributed by atoms with van der Waals surface area (Å²) in [6, 6.07) is 110. The molecule has 1 aromatic heterocycles. The fourth-order valence-corrected chi connectivity index (χ4v) is 15.6. The van der Waals surface area contributed by atoms with Gasteiger partial charge in [-0.1, -0.05) is 255 Å². The van der Waals surface area contributed by atoms with Crippen molar-refractivity contribution in [2.24, 2.45) is 0 Å². The molecular formula is C78H48N2. The first-order valence-electron chi connectivity index (χ1n) is 28.0. The molecule has 0 fully saturated rings. The highest BCUT2D eigenvalue weighted by Gasteiger charge is 2.54. The molecule has 0 radical (unpaired) electrons. The maximum atomic E-state index is 2.61. The van der Waals surface area contributed by atoms with Gasteiger partial charge >= 0.3 is 0 Å². The fraction of sp³-hybridized carbons (Fsp3) is 0.0256. The number of nitrogens with zero attached hydrogens (tertiary/aromatic N) is 2. The predicted molar refractivity (Wildman–Crippen MR) is 331 cm³/mol. The smallest absolute Gasteiger partial charge is 0.0755 e. The van der Waals surface area contributed by atoms with Gasteiger partial charge in [0.05, 0.1) is 38.9 Å². The second-order valence-electron chi connectivity index (χ2n) is 22.1. The van der Waals surface area contributed by atoms with Crippen LogP contribution in [0, 0.1) is 0 Å². The first kappa shape index (κ1) is 43.8. The van der Waals surface area contributed by atoms with E-state index in [0.29, 0.717) is 0 Å². The van der Waals surface area contributed by atoms with Crippen LogP contribution in [-0.2, 0) is 10.8 Å². The highest BCUT2D eigenvalue weighted by atomic mass is 15.1. The van der Waals surface area contributed by atoms with Crippen LogP contribution < -0.4 is 4.90 Å². The number of para-hydroxylation sites is 4. The molecule has 0 bridgehead atoms. The molecule has 2 heterocycles. The lowest BCUT2D eigenvalue weighted by Crippen LogP contribution is -2.33. The summed E-state index contributed by atoms with van der Waals surface area (Å²) in [7, 11) is 0. The highest BCUT2D eigenvalue weighted by molar-refractivity contribution is 6.14. The standard InChI is InChI=1S/C78H48N2/c1-2-20-49(21-3-1)50-40-42-52(43-41-50)54-23-9-15-36-70(54)79(53-45-46-57-56-25-6-11-30-62(56)77(69(57)48-53)63-31-12-7-27-60(63)74-55-24-5-4-22-51(55)44-47-67(74)77)73-39-19-34-66-75(73)61-28-8-13-32-64(61)78(66)65-33-14-17-38-72(65)80-71-37-16-10-26-58(71)59-29-18-35-68(78)76(59)80/h1-48H. The molecule has 3 aliphatic carbocycles. The summed E-state index contributed by atoms with van der Waals surface area (Å²) in [5.41, 5.74) is 28.8. The van der Waals surface area contributed by atoms with Crippen LogP contribution in [0.4, 0.5) is 17.1 Å². The van der Waals surface area contributed by atoms with Crippen LogP contribution in [0.25, 0.3) is 93.9 Å². The Labute approximate surface area is 464 Å². The van der Waals surface area contributed by atoms with Gasteiger partial charge in [-0.3, -0.25) is 0 Å². The van der Waals surface area contributed by atoms with Crippen molar-refractivity contribution in [2.45, 2.75) is 10.8 Å². The molecule has 2 nitrogen and oxygen atoms in total. The van der Waals surface area contributed by atoms with E-state index in [1.807, 2.05) is 0 Å². The van der Waals surface area contributed by atoms with Crippen LogP contribution in [-0.4, -0.2) is 4.57 Å². The lowest BCUT2D eigenvalue weighted by atomic mass is 9.65. The van der Waals surface area contributed by atoms with Crippen LogP contribution in [0.15, 0.2) is 291 Å². The molecule has 0 amide bonds. The van der Waals surface area contributed by atoms with Gasteiger partial charge in [0, 0.05) is 27.6 Å². The molecule has 80 heavy (non-hydrogen) atoms. The fourth-order valence-electron chi connectivity index (χ4n) is 15.6. The normalized spacial score (nSPS) is 16.4. The maximum Gasteiger partial charge on any atom is 0.0755 e. The molecule has 2 atom stereocenters. The van der Waals surface area contributed by atoms with E-state index in [1.54, 1.807) is 0 Å². The summed E-state index contributed by atoms with van der Waals surface area (Å²) in [5, 5.41) is 5.09. The van der Waals surface area contributed by atoms with Crippen molar-refractivity contribution < 1.29 is 0 Å². The summed E-state index contributed by atoms with van der Waals surface area (Å²) >= 11 is 0. The Kier molecular flexibility index (Phi) is 8.83. The van der Waals surface area contributed by atoms with Crippen LogP contribution in [0.2, 0.25) is 0 Å². The average Bonchev–Trinajstić information content (AvgIpc) is 3.08. The number of hydrogen-bond donors (Lipinski definition) is 0. The van der Waals surface area contributed by atoms with Crippen LogP contribution in [0.5, 0.6) is 0 Å². The SMILES string of the molecule is c1ccc(-c2ccc(-c3ccccc3N(c3ccc4c(c3)C3(c5ccccc5-4)c4ccccc4-c4c3ccc3ccccc43)c3cccc4c3-c3ccccc3C43c4ccccc4-n4c5ccccc5c5cccc3c54)cc2)cc1. The van der Waals surface area contributed by atoms with E-state index in [4.69, 9.17) is 0 Å². The number of hydrogen-bond acceptors (Lipinski definition) is 1. The van der Waals surface area contributed by atoms with Crippen molar-refractivity contribution in [3.63, 3.8) is 0 Å². The van der Waals surface area contributed by atoms with Crippen molar-refractivity contribution in [3.8, 4) is 61.3 Å². The summed E-state index contributed by atoms with van der Waals surface area (Å²) < 4.78 is 2.54. The zero-order valence-electron chi connectivity index (χ0n) is 43.6. The maximum absolute atomic E-state index is 2.61. The van der Waals surface area contributed by atoms with E-state index >= 15 is 0 Å². The zero-order chi connectivity index (χ0) is 52.3. The molecule has 0 N–H and O–H groups in total. The molecule has 13 aromatic carbocycles. The monoisotopic (exact) mass is 1010 g/mol. The van der Waals surface area contributed by atoms with Gasteiger partial charge in [0.25, 0.3) is 0 Å². The van der Waals surface area contributed by atoms with Crippen molar-refractivity contribution in [1.29, 1.82) is 0 Å². The van der Waals surface area contributed by atoms with Crippen molar-refractivity contribution in [2.75, 3.05) is 4.90 Å². The number of benzene rings is 13. The van der Waals surface area contributed by atoms with Gasteiger partial charge in [-0.2, -0.15) is 0 Å². The molecule has 0 saturated heterocycles. The molecule has 1 aliphatic heterocycles. The largest absolute Gasteiger partial charge is 0.309 e. The van der Waals surface area contributed by atoms with Crippen LogP contribution >= 0.6 is 0 Å². The van der Waals surface area contributed by atoms with Gasteiger partial charge < -0.3 is 9.47 Å². The predicted octanol–water partition coefficient (Wildman–Crippen LogP) is 19.8. The minimum Gasteiger partial charge on any atom is -0.309 e. The molecule has 370 valence electrons. The minimum absolute atomic E-state index is 0.561. The summed E-state index contributed by atoms with van der Waals surface area (Å²) in [6.07, 6.45) is 0. The molecule has 2 unspecified atom stereocenters. The molecule has 2 heteroatoms. The van der Waals surface area contributed by atoms with Crippen molar-refractivity contribution in [1.82, 2.24) is 4.57 Å². The number of fused-ring (bicyclic) bond motifs is 24. The Bertz CT molecular complexity index is 4960. The number of rotatable bonds is 5. The van der Waals surface area contributed by atoms with Gasteiger partial charge in [0.1, 0.15) is 0 Å². The van der Waals surface area contributed by atoms with Gasteiger partial charge in [-0.25, -0.2) is 0 Å². The van der Waals surface area contributed by atoms with E-state index in [2.05, 4.69) is 301 Å². The third-order valence-corrected chi connectivity index (χ3v) is 18.6. The Morgan fingerprint density at radius 3 is 1.61 bits per heavy atom. The minimum atomic E-state index is -0.620. The first-order valence-corrected chi connectivity index (χ1v) is 28.0. The Morgan fingerprint density at radius 1 is 0.275 bits per heavy atom. The lowest BCUT2D eigenvalue weighted by Gasteiger charge is -2.39. The second kappa shape index (κ2) is 16.1. The third kappa shape index (κ3) is 5.47. The van der Waals surface area contributed by atoms with Crippen molar-refractivity contribution >= 4 is 49.6 Å². The average molecular weight is 1010 g/mol. The van der Waals surface area contributed by atoms with Gasteiger partial charge in [0.15, 0.2) is 0 Å². The van der Waals surface area contributed by atoms with Gasteiger partial charge in [-0.05, 0) is 136 Å².